The van der Waals surface area contributed by atoms with Crippen molar-refractivity contribution in [3.63, 3.8) is 0 Å². The van der Waals surface area contributed by atoms with Crippen LogP contribution in [0.25, 0.3) is 0 Å². The molecule has 21 heavy (non-hydrogen) atoms. The molecule has 2 fully saturated rings. The normalized spacial score (nSPS) is 24.0. The lowest BCUT2D eigenvalue weighted by molar-refractivity contribution is 0.457. The molecular formula is C15H24ClN5. The summed E-state index contributed by atoms with van der Waals surface area (Å²) in [5.41, 5.74) is 0.467. The zero-order chi connectivity index (χ0) is 15.3. The van der Waals surface area contributed by atoms with Crippen molar-refractivity contribution in [3.8, 4) is 0 Å². The number of rotatable bonds is 3. The van der Waals surface area contributed by atoms with Crippen LogP contribution in [0.4, 0.5) is 11.9 Å². The van der Waals surface area contributed by atoms with Gasteiger partial charge in [-0.2, -0.15) is 15.0 Å². The van der Waals surface area contributed by atoms with Gasteiger partial charge in [-0.1, -0.05) is 27.7 Å². The Kier molecular flexibility index (Phi) is 3.51. The van der Waals surface area contributed by atoms with Crippen molar-refractivity contribution >= 4 is 23.5 Å². The van der Waals surface area contributed by atoms with E-state index in [9.17, 15) is 0 Å². The predicted molar refractivity (Wildman–Crippen MR) is 85.9 cm³/mol. The van der Waals surface area contributed by atoms with E-state index in [1.54, 1.807) is 0 Å². The number of anilines is 2. The molecule has 1 saturated carbocycles. The summed E-state index contributed by atoms with van der Waals surface area (Å²) in [5, 5.41) is 3.71. The number of piperidine rings is 1. The fourth-order valence-corrected chi connectivity index (χ4v) is 3.48. The maximum atomic E-state index is 6.09. The lowest BCUT2D eigenvalue weighted by Gasteiger charge is -2.26. The Balaban J connectivity index is 1.79. The van der Waals surface area contributed by atoms with Crippen LogP contribution in [0.3, 0.4) is 0 Å². The molecule has 0 aromatic carbocycles. The first-order chi connectivity index (χ1) is 9.82. The number of hydrogen-bond acceptors (Lipinski definition) is 5. The molecule has 0 bridgehead atoms. The van der Waals surface area contributed by atoms with Crippen LogP contribution in [0.1, 0.15) is 47.0 Å². The van der Waals surface area contributed by atoms with Gasteiger partial charge in [0.2, 0.25) is 17.2 Å². The average Bonchev–Trinajstić information content (AvgIpc) is 2.82. The van der Waals surface area contributed by atoms with Gasteiger partial charge < -0.3 is 10.2 Å². The molecule has 3 rings (SSSR count). The predicted octanol–water partition coefficient (Wildman–Crippen LogP) is 3.36. The highest BCUT2D eigenvalue weighted by Crippen LogP contribution is 2.63. The van der Waals surface area contributed by atoms with Crippen LogP contribution < -0.4 is 10.2 Å². The minimum atomic E-state index is 0.234. The largest absolute Gasteiger partial charge is 0.350 e. The summed E-state index contributed by atoms with van der Waals surface area (Å²) in [4.78, 5) is 15.3. The molecular weight excluding hydrogens is 286 g/mol. The number of halogens is 1. The fourth-order valence-electron chi connectivity index (χ4n) is 3.33. The Morgan fingerprint density at radius 2 is 1.62 bits per heavy atom. The first-order valence-electron chi connectivity index (χ1n) is 7.75. The Bertz CT molecular complexity index is 523. The van der Waals surface area contributed by atoms with Gasteiger partial charge in [0.05, 0.1) is 0 Å². The van der Waals surface area contributed by atoms with E-state index in [-0.39, 0.29) is 16.1 Å². The number of aromatic nitrogens is 3. The van der Waals surface area contributed by atoms with Crippen LogP contribution in [0.2, 0.25) is 5.28 Å². The lowest BCUT2D eigenvalue weighted by atomic mass is 10.0. The van der Waals surface area contributed by atoms with Crippen molar-refractivity contribution < 1.29 is 0 Å². The van der Waals surface area contributed by atoms with Gasteiger partial charge in [-0.05, 0) is 41.7 Å². The standard InChI is InChI=1S/C15H24ClN5/c1-14(2)10(15(14,3)4)17-12-18-11(16)19-13(20-12)21-8-6-5-7-9-21/h10H,5-9H2,1-4H3,(H,17,18,19,20). The molecule has 0 spiro atoms. The van der Waals surface area contributed by atoms with Crippen LogP contribution in [0, 0.1) is 10.8 Å². The SMILES string of the molecule is CC1(C)C(Nc2nc(Cl)nc(N3CCCCC3)n2)C1(C)C. The summed E-state index contributed by atoms with van der Waals surface area (Å²) in [6, 6.07) is 0.359. The van der Waals surface area contributed by atoms with Crippen molar-refractivity contribution in [1.29, 1.82) is 0 Å². The number of nitrogens with one attached hydrogen (secondary N) is 1. The van der Waals surface area contributed by atoms with Gasteiger partial charge in [0.1, 0.15) is 0 Å². The summed E-state index contributed by atoms with van der Waals surface area (Å²) in [7, 11) is 0. The van der Waals surface area contributed by atoms with Gasteiger partial charge in [-0.3, -0.25) is 0 Å². The summed E-state index contributed by atoms with van der Waals surface area (Å²) >= 11 is 6.09. The van der Waals surface area contributed by atoms with Gasteiger partial charge >= 0.3 is 0 Å². The lowest BCUT2D eigenvalue weighted by Crippen LogP contribution is -2.31. The third-order valence-electron chi connectivity index (χ3n) is 5.53. The van der Waals surface area contributed by atoms with Crippen LogP contribution >= 0.6 is 11.6 Å². The number of nitrogens with zero attached hydrogens (tertiary/aromatic N) is 4. The Morgan fingerprint density at radius 3 is 2.19 bits per heavy atom. The Labute approximate surface area is 131 Å². The zero-order valence-electron chi connectivity index (χ0n) is 13.3. The molecule has 2 heterocycles. The van der Waals surface area contributed by atoms with Crippen LogP contribution in [0.5, 0.6) is 0 Å². The van der Waals surface area contributed by atoms with E-state index >= 15 is 0 Å². The van der Waals surface area contributed by atoms with Crippen LogP contribution in [-0.4, -0.2) is 34.1 Å². The van der Waals surface area contributed by atoms with E-state index in [1.165, 1.54) is 19.3 Å². The van der Waals surface area contributed by atoms with Crippen molar-refractivity contribution in [2.24, 2.45) is 10.8 Å². The van der Waals surface area contributed by atoms with Crippen molar-refractivity contribution in [3.05, 3.63) is 5.28 Å². The smallest absolute Gasteiger partial charge is 0.231 e. The van der Waals surface area contributed by atoms with E-state index in [1.807, 2.05) is 0 Å². The summed E-state index contributed by atoms with van der Waals surface area (Å²) < 4.78 is 0. The Morgan fingerprint density at radius 1 is 1.00 bits per heavy atom. The second-order valence-corrected chi connectivity index (χ2v) is 7.63. The molecule has 1 aromatic heterocycles. The van der Waals surface area contributed by atoms with E-state index < -0.39 is 0 Å². The third kappa shape index (κ3) is 2.56. The second kappa shape index (κ2) is 4.97. The highest BCUT2D eigenvalue weighted by atomic mass is 35.5. The van der Waals surface area contributed by atoms with Crippen LogP contribution in [0.15, 0.2) is 0 Å². The first-order valence-corrected chi connectivity index (χ1v) is 8.13. The summed E-state index contributed by atoms with van der Waals surface area (Å²) in [5.74, 6) is 1.30. The van der Waals surface area contributed by atoms with Gasteiger partial charge in [0.15, 0.2) is 0 Å². The molecule has 1 N–H and O–H groups in total. The topological polar surface area (TPSA) is 53.9 Å². The van der Waals surface area contributed by atoms with Gasteiger partial charge in [-0.25, -0.2) is 0 Å². The van der Waals surface area contributed by atoms with Gasteiger partial charge in [0.25, 0.3) is 0 Å². The highest BCUT2D eigenvalue weighted by Gasteiger charge is 2.65. The molecule has 1 aromatic rings. The molecule has 1 aliphatic heterocycles. The van der Waals surface area contributed by atoms with Crippen molar-refractivity contribution in [1.82, 2.24) is 15.0 Å². The molecule has 6 heteroatoms. The quantitative estimate of drug-likeness (QED) is 0.928. The molecule has 5 nitrogen and oxygen atoms in total. The summed E-state index contributed by atoms with van der Waals surface area (Å²) in [6.07, 6.45) is 3.66. The molecule has 0 amide bonds. The monoisotopic (exact) mass is 309 g/mol. The molecule has 2 aliphatic rings. The van der Waals surface area contributed by atoms with E-state index in [2.05, 4.69) is 52.9 Å². The average molecular weight is 310 g/mol. The molecule has 0 radical (unpaired) electrons. The van der Waals surface area contributed by atoms with Crippen molar-refractivity contribution in [2.75, 3.05) is 23.3 Å². The molecule has 1 saturated heterocycles. The fraction of sp³-hybridized carbons (Fsp3) is 0.800. The second-order valence-electron chi connectivity index (χ2n) is 7.30. The Hall–Kier alpha value is -1.10. The van der Waals surface area contributed by atoms with E-state index in [4.69, 9.17) is 11.6 Å². The highest BCUT2D eigenvalue weighted by molar-refractivity contribution is 6.28. The minimum Gasteiger partial charge on any atom is -0.350 e. The van der Waals surface area contributed by atoms with Crippen LogP contribution in [-0.2, 0) is 0 Å². The minimum absolute atomic E-state index is 0.234. The molecule has 116 valence electrons. The first kappa shape index (κ1) is 14.8. The summed E-state index contributed by atoms with van der Waals surface area (Å²) in [6.45, 7) is 11.1. The maximum absolute atomic E-state index is 6.09. The zero-order valence-corrected chi connectivity index (χ0v) is 14.0. The van der Waals surface area contributed by atoms with E-state index in [0.29, 0.717) is 17.9 Å². The van der Waals surface area contributed by atoms with E-state index in [0.717, 1.165) is 13.1 Å². The maximum Gasteiger partial charge on any atom is 0.231 e. The molecule has 0 atom stereocenters. The van der Waals surface area contributed by atoms with Gasteiger partial charge in [0, 0.05) is 19.1 Å². The number of hydrogen-bond donors (Lipinski definition) is 1. The third-order valence-corrected chi connectivity index (χ3v) is 5.70. The molecule has 1 aliphatic carbocycles. The van der Waals surface area contributed by atoms with Crippen molar-refractivity contribution in [2.45, 2.75) is 53.0 Å². The van der Waals surface area contributed by atoms with Gasteiger partial charge in [-0.15, -0.1) is 0 Å². The molecule has 0 unspecified atom stereocenters.